The average molecular weight is 851 g/mol. The van der Waals surface area contributed by atoms with Crippen LogP contribution in [0.2, 0.25) is 10.0 Å². The largest absolute Gasteiger partial charge is 0.482 e. The van der Waals surface area contributed by atoms with Gasteiger partial charge in [0.15, 0.2) is 13.2 Å². The first-order valence-corrected chi connectivity index (χ1v) is 19.6. The van der Waals surface area contributed by atoms with Crippen LogP contribution in [0.15, 0.2) is 84.4 Å². The van der Waals surface area contributed by atoms with Gasteiger partial charge in [-0.05, 0) is 73.0 Å². The van der Waals surface area contributed by atoms with E-state index in [9.17, 15) is 32.3 Å². The van der Waals surface area contributed by atoms with E-state index in [0.717, 1.165) is 28.5 Å². The molecule has 11 nitrogen and oxygen atoms in total. The van der Waals surface area contributed by atoms with Crippen LogP contribution < -0.4 is 19.3 Å². The lowest BCUT2D eigenvalue weighted by molar-refractivity contribution is -0.137. The van der Waals surface area contributed by atoms with Gasteiger partial charge < -0.3 is 29.1 Å². The Balaban J connectivity index is 0.000000180. The van der Waals surface area contributed by atoms with Crippen molar-refractivity contribution in [2.75, 3.05) is 68.8 Å². The number of halogens is 5. The Morgan fingerprint density at radius 2 is 1.25 bits per heavy atom. The van der Waals surface area contributed by atoms with Crippen molar-refractivity contribution in [1.29, 1.82) is 0 Å². The number of carbonyl (C=O) groups is 4. The quantitative estimate of drug-likeness (QED) is 0.219. The minimum Gasteiger partial charge on any atom is -0.482 e. The summed E-state index contributed by atoms with van der Waals surface area (Å²) in [7, 11) is 0. The number of amides is 4. The molecule has 0 unspecified atom stereocenters. The molecule has 0 aromatic heterocycles. The monoisotopic (exact) mass is 849 g/mol. The van der Waals surface area contributed by atoms with Gasteiger partial charge in [-0.25, -0.2) is 0 Å². The highest BCUT2D eigenvalue weighted by molar-refractivity contribution is 6.34. The van der Waals surface area contributed by atoms with Crippen LogP contribution in [0.5, 0.6) is 11.5 Å². The Bertz CT molecular complexity index is 2330. The van der Waals surface area contributed by atoms with Crippen molar-refractivity contribution < 1.29 is 41.8 Å². The van der Waals surface area contributed by atoms with E-state index in [1.54, 1.807) is 14.7 Å². The highest BCUT2D eigenvalue weighted by Crippen LogP contribution is 2.45. The molecule has 59 heavy (non-hydrogen) atoms. The number of likely N-dealkylation sites (tertiary alicyclic amines) is 2. The molecule has 0 N–H and O–H groups in total. The van der Waals surface area contributed by atoms with Crippen molar-refractivity contribution in [3.8, 4) is 22.6 Å². The van der Waals surface area contributed by atoms with E-state index in [2.05, 4.69) is 18.2 Å². The molecule has 5 aliphatic heterocycles. The van der Waals surface area contributed by atoms with Crippen molar-refractivity contribution in [2.24, 2.45) is 16.8 Å². The maximum Gasteiger partial charge on any atom is 0.417 e. The van der Waals surface area contributed by atoms with E-state index in [1.165, 1.54) is 47.4 Å². The average Bonchev–Trinajstić information content (AvgIpc) is 3.51. The molecule has 2 saturated heterocycles. The Morgan fingerprint density at radius 1 is 0.780 bits per heavy atom. The Hall–Kier alpha value is -5.60. The summed E-state index contributed by atoms with van der Waals surface area (Å²) in [6, 6.07) is 11.8. The number of ether oxygens (including phenoxy) is 2. The number of hydrogen-bond acceptors (Lipinski definition) is 7. The molecule has 0 saturated carbocycles. The number of rotatable bonds is 8. The first-order chi connectivity index (χ1) is 28.1. The van der Waals surface area contributed by atoms with Crippen molar-refractivity contribution in [1.82, 2.24) is 9.80 Å². The van der Waals surface area contributed by atoms with Crippen molar-refractivity contribution in [3.05, 3.63) is 101 Å². The smallest absolute Gasteiger partial charge is 0.417 e. The van der Waals surface area contributed by atoms with Crippen LogP contribution in [0, 0.1) is 11.8 Å². The third kappa shape index (κ3) is 8.33. The van der Waals surface area contributed by atoms with E-state index in [1.807, 2.05) is 26.0 Å². The summed E-state index contributed by atoms with van der Waals surface area (Å²) in [5.41, 5.74) is 4.55. The zero-order valence-electron chi connectivity index (χ0n) is 32.3. The first kappa shape index (κ1) is 41.6. The molecular formula is C43H40Cl2F3N5O6. The molecule has 2 fully saturated rings. The lowest BCUT2D eigenvalue weighted by atomic mass is 9.96. The SMILES string of the molecule is C=CC(=O)N1CC(CN2C(=O)COc3cc(-c4ccccc4C(F)(F)F)c(Cl)cc32)C1.C=CC(=O)N1CC(CN2C(=O)COc3cc(C4=C(C)C(C)=NC4)c(Cl)cc32)C1. The maximum absolute atomic E-state index is 13.5. The summed E-state index contributed by atoms with van der Waals surface area (Å²) in [5, 5.41) is 0.661. The third-order valence-electron chi connectivity index (χ3n) is 11.1. The normalized spacial score (nSPS) is 17.8. The number of aliphatic imine (C=N–C) groups is 1. The number of alkyl halides is 3. The number of nitrogens with zero attached hydrogens (tertiary/aromatic N) is 5. The fourth-order valence-corrected chi connectivity index (χ4v) is 8.22. The lowest BCUT2D eigenvalue weighted by Crippen LogP contribution is -2.55. The van der Waals surface area contributed by atoms with Crippen LogP contribution in [-0.4, -0.2) is 98.2 Å². The number of fused-ring (bicyclic) bond motifs is 2. The van der Waals surface area contributed by atoms with Gasteiger partial charge in [-0.1, -0.05) is 54.6 Å². The summed E-state index contributed by atoms with van der Waals surface area (Å²) < 4.78 is 51.6. The molecule has 5 heterocycles. The van der Waals surface area contributed by atoms with Crippen LogP contribution in [0.1, 0.15) is 25.0 Å². The summed E-state index contributed by atoms with van der Waals surface area (Å²) in [5.74, 6) is 0.630. The van der Waals surface area contributed by atoms with E-state index < -0.39 is 11.7 Å². The van der Waals surface area contributed by atoms with Gasteiger partial charge in [0.05, 0.1) is 33.5 Å². The van der Waals surface area contributed by atoms with E-state index in [-0.39, 0.29) is 70.6 Å². The molecule has 4 amide bonds. The first-order valence-electron chi connectivity index (χ1n) is 18.8. The van der Waals surface area contributed by atoms with Gasteiger partial charge in [0.1, 0.15) is 11.5 Å². The minimum atomic E-state index is -4.54. The predicted molar refractivity (Wildman–Crippen MR) is 220 cm³/mol. The second-order valence-electron chi connectivity index (χ2n) is 14.9. The number of carbonyl (C=O) groups excluding carboxylic acids is 4. The van der Waals surface area contributed by atoms with E-state index >= 15 is 0 Å². The zero-order chi connectivity index (χ0) is 42.3. The van der Waals surface area contributed by atoms with Gasteiger partial charge in [0, 0.05) is 67.9 Å². The van der Waals surface area contributed by atoms with Gasteiger partial charge in [-0.3, -0.25) is 24.2 Å². The van der Waals surface area contributed by atoms with Crippen molar-refractivity contribution in [3.63, 3.8) is 0 Å². The number of benzene rings is 3. The number of hydrogen-bond donors (Lipinski definition) is 0. The van der Waals surface area contributed by atoms with Crippen LogP contribution >= 0.6 is 23.2 Å². The zero-order valence-corrected chi connectivity index (χ0v) is 33.8. The Kier molecular flexibility index (Phi) is 11.7. The third-order valence-corrected chi connectivity index (χ3v) is 11.7. The summed E-state index contributed by atoms with van der Waals surface area (Å²) in [4.78, 5) is 59.3. The van der Waals surface area contributed by atoms with Gasteiger partial charge in [0.25, 0.3) is 11.8 Å². The molecule has 0 bridgehead atoms. The molecule has 308 valence electrons. The second-order valence-corrected chi connectivity index (χ2v) is 15.7. The molecule has 8 rings (SSSR count). The topological polar surface area (TPSA) is 112 Å². The lowest BCUT2D eigenvalue weighted by Gasteiger charge is -2.42. The van der Waals surface area contributed by atoms with Crippen LogP contribution in [-0.2, 0) is 25.4 Å². The molecule has 0 aliphatic carbocycles. The second kappa shape index (κ2) is 16.6. The van der Waals surface area contributed by atoms with Gasteiger partial charge in [-0.15, -0.1) is 0 Å². The standard InChI is InChI=1S/C22H18ClF3N2O3.C21H22ClN3O3/c1-2-20(29)27-9-13(10-27)11-28-18-8-17(23)15(7-19(18)31-12-21(28)30)14-5-3-4-6-16(14)22(24,25)26;1-4-20(26)24-8-14(9-24)10-25-18-6-17(22)15(5-19(18)28-11-21(25)27)16-7-23-13(3)12(16)2/h2-8,13H,1,9-12H2;4-6,14H,1,7-11H2,2-3H3. The predicted octanol–water partition coefficient (Wildman–Crippen LogP) is 7.35. The van der Waals surface area contributed by atoms with Crippen molar-refractivity contribution >= 4 is 69.5 Å². The van der Waals surface area contributed by atoms with E-state index in [4.69, 9.17) is 32.7 Å². The molecule has 3 aromatic carbocycles. The van der Waals surface area contributed by atoms with Gasteiger partial charge in [0.2, 0.25) is 11.8 Å². The fraction of sp³-hybridized carbons (Fsp3) is 0.326. The molecule has 16 heteroatoms. The molecule has 3 aromatic rings. The molecule has 5 aliphatic rings. The summed E-state index contributed by atoms with van der Waals surface area (Å²) >= 11 is 13.0. The Morgan fingerprint density at radius 3 is 1.71 bits per heavy atom. The van der Waals surface area contributed by atoms with E-state index in [0.29, 0.717) is 68.0 Å². The maximum atomic E-state index is 13.5. The Labute approximate surface area is 348 Å². The molecule has 0 spiro atoms. The van der Waals surface area contributed by atoms with Crippen LogP contribution in [0.4, 0.5) is 24.5 Å². The van der Waals surface area contributed by atoms with Gasteiger partial charge in [-0.2, -0.15) is 13.2 Å². The number of anilines is 2. The van der Waals surface area contributed by atoms with Crippen molar-refractivity contribution in [2.45, 2.75) is 20.0 Å². The van der Waals surface area contributed by atoms with Crippen LogP contribution in [0.25, 0.3) is 16.7 Å². The molecular weight excluding hydrogens is 810 g/mol. The highest BCUT2D eigenvalue weighted by Gasteiger charge is 2.38. The van der Waals surface area contributed by atoms with Gasteiger partial charge >= 0.3 is 6.18 Å². The molecule has 0 atom stereocenters. The highest BCUT2D eigenvalue weighted by atomic mass is 35.5. The number of allylic oxidation sites excluding steroid dienone is 1. The molecule has 0 radical (unpaired) electrons. The van der Waals surface area contributed by atoms with Crippen LogP contribution in [0.3, 0.4) is 0 Å². The minimum absolute atomic E-state index is 0.00362. The summed E-state index contributed by atoms with van der Waals surface area (Å²) in [6.07, 6.45) is -1.99. The summed E-state index contributed by atoms with van der Waals surface area (Å²) in [6.45, 7) is 14.5. The fourth-order valence-electron chi connectivity index (χ4n) is 7.69.